The van der Waals surface area contributed by atoms with Crippen molar-refractivity contribution in [3.05, 3.63) is 0 Å². The van der Waals surface area contributed by atoms with Gasteiger partial charge in [0.15, 0.2) is 0 Å². The molecule has 11 heavy (non-hydrogen) atoms. The van der Waals surface area contributed by atoms with Crippen LogP contribution in [0.3, 0.4) is 0 Å². The minimum absolute atomic E-state index is 0.0597. The van der Waals surface area contributed by atoms with Crippen LogP contribution in [0.5, 0.6) is 0 Å². The zero-order valence-electron chi connectivity index (χ0n) is 6.16. The minimum Gasteiger partial charge on any atom is -0.247 e. The van der Waals surface area contributed by atoms with E-state index in [4.69, 9.17) is 0 Å². The second-order valence-electron chi connectivity index (χ2n) is 3.19. The highest BCUT2D eigenvalue weighted by molar-refractivity contribution is 4.85. The Morgan fingerprint density at radius 3 is 1.91 bits per heavy atom. The second-order valence-corrected chi connectivity index (χ2v) is 3.19. The van der Waals surface area contributed by atoms with Crippen LogP contribution in [0.15, 0.2) is 0 Å². The van der Waals surface area contributed by atoms with Crippen molar-refractivity contribution < 1.29 is 17.6 Å². The van der Waals surface area contributed by atoms with Crippen molar-refractivity contribution in [1.29, 1.82) is 0 Å². The molecule has 1 rings (SSSR count). The van der Waals surface area contributed by atoms with Crippen molar-refractivity contribution in [1.82, 2.24) is 0 Å². The van der Waals surface area contributed by atoms with Gasteiger partial charge in [0.05, 0.1) is 5.92 Å². The first kappa shape index (κ1) is 8.81. The molecule has 0 saturated heterocycles. The van der Waals surface area contributed by atoms with Crippen LogP contribution in [-0.2, 0) is 0 Å². The summed E-state index contributed by atoms with van der Waals surface area (Å²) in [5.41, 5.74) is 0. The fourth-order valence-electron chi connectivity index (χ4n) is 1.63. The van der Waals surface area contributed by atoms with Gasteiger partial charge in [0.25, 0.3) is 0 Å². The molecule has 1 fully saturated rings. The predicted molar refractivity (Wildman–Crippen MR) is 32.8 cm³/mol. The summed E-state index contributed by atoms with van der Waals surface area (Å²) in [5.74, 6) is -1.97. The molecule has 1 saturated carbocycles. The van der Waals surface area contributed by atoms with Crippen LogP contribution < -0.4 is 0 Å². The van der Waals surface area contributed by atoms with E-state index in [-0.39, 0.29) is 12.8 Å². The van der Waals surface area contributed by atoms with Crippen LogP contribution >= 0.6 is 0 Å². The summed E-state index contributed by atoms with van der Waals surface area (Å²) < 4.78 is 48.5. The highest BCUT2D eigenvalue weighted by Gasteiger charge is 2.48. The first-order valence-electron chi connectivity index (χ1n) is 3.62. The lowest BCUT2D eigenvalue weighted by Gasteiger charge is -2.17. The van der Waals surface area contributed by atoms with Gasteiger partial charge in [0.1, 0.15) is 6.17 Å². The predicted octanol–water partition coefficient (Wildman–Crippen LogP) is 2.93. The van der Waals surface area contributed by atoms with Crippen LogP contribution in [0, 0.1) is 11.8 Å². The maximum Gasteiger partial charge on any atom is 0.392 e. The summed E-state index contributed by atoms with van der Waals surface area (Å²) >= 11 is 0. The van der Waals surface area contributed by atoms with E-state index in [9.17, 15) is 17.6 Å². The summed E-state index contributed by atoms with van der Waals surface area (Å²) in [4.78, 5) is 0. The molecule has 0 aromatic heterocycles. The number of halogens is 4. The third kappa shape index (κ3) is 1.84. The van der Waals surface area contributed by atoms with Gasteiger partial charge in [-0.25, -0.2) is 4.39 Å². The van der Waals surface area contributed by atoms with E-state index in [2.05, 4.69) is 0 Å². The number of hydrogen-bond acceptors (Lipinski definition) is 0. The van der Waals surface area contributed by atoms with Gasteiger partial charge in [-0.2, -0.15) is 13.2 Å². The van der Waals surface area contributed by atoms with Crippen LogP contribution in [0.4, 0.5) is 17.6 Å². The van der Waals surface area contributed by atoms with E-state index in [1.165, 1.54) is 6.92 Å². The Labute approximate surface area is 62.6 Å². The fraction of sp³-hybridized carbons (Fsp3) is 1.00. The first-order chi connectivity index (χ1) is 4.91. The Bertz CT molecular complexity index is 140. The maximum atomic E-state index is 12.5. The van der Waals surface area contributed by atoms with Crippen molar-refractivity contribution in [3.63, 3.8) is 0 Å². The van der Waals surface area contributed by atoms with E-state index in [1.54, 1.807) is 0 Å². The average Bonchev–Trinajstić information content (AvgIpc) is 2.08. The molecule has 0 aliphatic heterocycles. The van der Waals surface area contributed by atoms with Gasteiger partial charge in [-0.1, -0.05) is 6.92 Å². The molecule has 0 radical (unpaired) electrons. The van der Waals surface area contributed by atoms with Gasteiger partial charge in [0, 0.05) is 0 Å². The monoisotopic (exact) mass is 170 g/mol. The number of alkyl halides is 4. The van der Waals surface area contributed by atoms with Crippen molar-refractivity contribution in [2.24, 2.45) is 11.8 Å². The summed E-state index contributed by atoms with van der Waals surface area (Å²) in [7, 11) is 0. The van der Waals surface area contributed by atoms with Gasteiger partial charge in [-0.15, -0.1) is 0 Å². The van der Waals surface area contributed by atoms with Gasteiger partial charge >= 0.3 is 6.18 Å². The lowest BCUT2D eigenvalue weighted by Crippen LogP contribution is -2.24. The van der Waals surface area contributed by atoms with E-state index < -0.39 is 24.2 Å². The fourth-order valence-corrected chi connectivity index (χ4v) is 1.63. The first-order valence-corrected chi connectivity index (χ1v) is 3.62. The Balaban J connectivity index is 2.60. The molecule has 3 atom stereocenters. The summed E-state index contributed by atoms with van der Waals surface area (Å²) in [6.07, 6.45) is -5.74. The second kappa shape index (κ2) is 2.64. The van der Waals surface area contributed by atoms with Crippen molar-refractivity contribution in [2.45, 2.75) is 32.1 Å². The molecule has 4 heteroatoms. The van der Waals surface area contributed by atoms with Crippen molar-refractivity contribution in [3.8, 4) is 0 Å². The van der Waals surface area contributed by atoms with Crippen LogP contribution in [0.1, 0.15) is 19.8 Å². The molecule has 0 aromatic carbocycles. The molecule has 0 N–H and O–H groups in total. The summed E-state index contributed by atoms with van der Waals surface area (Å²) in [6, 6.07) is 0. The molecule has 0 nitrogen and oxygen atoms in total. The molecule has 0 aromatic rings. The zero-order chi connectivity index (χ0) is 8.65. The van der Waals surface area contributed by atoms with E-state index >= 15 is 0 Å². The van der Waals surface area contributed by atoms with Crippen LogP contribution in [0.25, 0.3) is 0 Å². The molecule has 0 heterocycles. The number of hydrogen-bond donors (Lipinski definition) is 0. The SMILES string of the molecule is CC1CC(F)CC1C(F)(F)F. The third-order valence-electron chi connectivity index (χ3n) is 2.24. The smallest absolute Gasteiger partial charge is 0.247 e. The Morgan fingerprint density at radius 2 is 1.73 bits per heavy atom. The molecule has 1 aliphatic rings. The van der Waals surface area contributed by atoms with E-state index in [0.29, 0.717) is 0 Å². The summed E-state index contributed by atoms with van der Waals surface area (Å²) in [6.45, 7) is 1.46. The van der Waals surface area contributed by atoms with Gasteiger partial charge < -0.3 is 0 Å². The standard InChI is InChI=1S/C7H10F4/c1-4-2-5(8)3-6(4)7(9,10)11/h4-6H,2-3H2,1H3. The van der Waals surface area contributed by atoms with Crippen LogP contribution in [-0.4, -0.2) is 12.3 Å². The molecular weight excluding hydrogens is 160 g/mol. The quantitative estimate of drug-likeness (QED) is 0.490. The highest BCUT2D eigenvalue weighted by atomic mass is 19.4. The molecule has 1 aliphatic carbocycles. The van der Waals surface area contributed by atoms with Gasteiger partial charge in [-0.3, -0.25) is 0 Å². The van der Waals surface area contributed by atoms with Gasteiger partial charge in [-0.05, 0) is 18.8 Å². The molecular formula is C7H10F4. The Kier molecular flexibility index (Phi) is 2.12. The van der Waals surface area contributed by atoms with E-state index in [0.717, 1.165) is 0 Å². The number of rotatable bonds is 0. The normalized spacial score (nSPS) is 39.5. The lowest BCUT2D eigenvalue weighted by atomic mass is 9.98. The minimum atomic E-state index is -4.21. The molecule has 66 valence electrons. The maximum absolute atomic E-state index is 12.5. The molecule has 0 spiro atoms. The molecule has 0 amide bonds. The largest absolute Gasteiger partial charge is 0.392 e. The lowest BCUT2D eigenvalue weighted by molar-refractivity contribution is -0.182. The average molecular weight is 170 g/mol. The Morgan fingerprint density at radius 1 is 1.18 bits per heavy atom. The molecule has 3 unspecified atom stereocenters. The topological polar surface area (TPSA) is 0 Å². The summed E-state index contributed by atoms with van der Waals surface area (Å²) in [5, 5.41) is 0. The van der Waals surface area contributed by atoms with Crippen molar-refractivity contribution in [2.75, 3.05) is 0 Å². The van der Waals surface area contributed by atoms with E-state index in [1.807, 2.05) is 0 Å². The van der Waals surface area contributed by atoms with Gasteiger partial charge in [0.2, 0.25) is 0 Å². The zero-order valence-corrected chi connectivity index (χ0v) is 6.16. The third-order valence-corrected chi connectivity index (χ3v) is 2.24. The van der Waals surface area contributed by atoms with Crippen LogP contribution in [0.2, 0.25) is 0 Å². The highest BCUT2D eigenvalue weighted by Crippen LogP contribution is 2.43. The Hall–Kier alpha value is -0.280. The van der Waals surface area contributed by atoms with Crippen molar-refractivity contribution >= 4 is 0 Å². The molecule has 0 bridgehead atoms.